The van der Waals surface area contributed by atoms with E-state index < -0.39 is 0 Å². The summed E-state index contributed by atoms with van der Waals surface area (Å²) in [6.07, 6.45) is 2.39. The lowest BCUT2D eigenvalue weighted by Gasteiger charge is -2.43. The highest BCUT2D eigenvalue weighted by atomic mass is 35.5. The highest BCUT2D eigenvalue weighted by Gasteiger charge is 2.31. The number of nitrogens with one attached hydrogen (secondary N) is 1. The molecule has 1 aliphatic heterocycles. The lowest BCUT2D eigenvalue weighted by molar-refractivity contribution is 0.0869. The smallest absolute Gasteiger partial charge is 0.0931 e. The highest BCUT2D eigenvalue weighted by Crippen LogP contribution is 2.26. The fourth-order valence-electron chi connectivity index (χ4n) is 3.05. The number of halogens is 1. The van der Waals surface area contributed by atoms with E-state index in [2.05, 4.69) is 37.1 Å². The Hall–Kier alpha value is -0.0900. The third-order valence-electron chi connectivity index (χ3n) is 4.44. The minimum atomic E-state index is 0.660. The van der Waals surface area contributed by atoms with Gasteiger partial charge in [0.05, 0.1) is 4.34 Å². The zero-order valence-electron chi connectivity index (χ0n) is 12.2. The molecule has 0 amide bonds. The van der Waals surface area contributed by atoms with Crippen molar-refractivity contribution in [1.29, 1.82) is 0 Å². The third kappa shape index (κ3) is 3.94. The number of nitrogens with zero attached hydrogens (tertiary/aromatic N) is 1. The van der Waals surface area contributed by atoms with Gasteiger partial charge in [0.15, 0.2) is 0 Å². The van der Waals surface area contributed by atoms with Crippen molar-refractivity contribution in [2.45, 2.75) is 45.7 Å². The molecule has 2 nitrogen and oxygen atoms in total. The summed E-state index contributed by atoms with van der Waals surface area (Å²) in [7, 11) is 0. The largest absolute Gasteiger partial charge is 0.314 e. The Bertz CT molecular complexity index is 393. The van der Waals surface area contributed by atoms with E-state index in [-0.39, 0.29) is 0 Å². The molecular formula is C15H25ClN2S. The van der Waals surface area contributed by atoms with Gasteiger partial charge in [-0.15, -0.1) is 11.3 Å². The molecule has 1 saturated heterocycles. The molecule has 0 radical (unpaired) electrons. The predicted molar refractivity (Wildman–Crippen MR) is 85.3 cm³/mol. The molecule has 0 bridgehead atoms. The van der Waals surface area contributed by atoms with Crippen molar-refractivity contribution in [2.24, 2.45) is 5.92 Å². The molecular weight excluding hydrogens is 276 g/mol. The molecule has 0 saturated carbocycles. The second-order valence-electron chi connectivity index (χ2n) is 5.54. The summed E-state index contributed by atoms with van der Waals surface area (Å²) in [4.78, 5) is 4.03. The number of thiophene rings is 1. The Kier molecular flexibility index (Phi) is 5.70. The van der Waals surface area contributed by atoms with Gasteiger partial charge >= 0.3 is 0 Å². The average molecular weight is 301 g/mol. The molecule has 1 aromatic rings. The average Bonchev–Trinajstić information content (AvgIpc) is 2.80. The van der Waals surface area contributed by atoms with Gasteiger partial charge in [0, 0.05) is 23.5 Å². The number of hydrogen-bond donors (Lipinski definition) is 1. The lowest BCUT2D eigenvalue weighted by Crippen LogP contribution is -2.53. The fraction of sp³-hybridized carbons (Fsp3) is 0.733. The zero-order valence-corrected chi connectivity index (χ0v) is 13.7. The molecule has 1 fully saturated rings. The van der Waals surface area contributed by atoms with Gasteiger partial charge in [-0.05, 0) is 50.9 Å². The SMILES string of the molecule is CCNC1CCN(CCc2ccc(Cl)s2)C(C)C1C. The van der Waals surface area contributed by atoms with Crippen LogP contribution in [0.3, 0.4) is 0 Å². The first-order chi connectivity index (χ1) is 9.11. The monoisotopic (exact) mass is 300 g/mol. The van der Waals surface area contributed by atoms with Crippen LogP contribution in [-0.4, -0.2) is 36.6 Å². The summed E-state index contributed by atoms with van der Waals surface area (Å²) in [6.45, 7) is 10.4. The molecule has 1 aliphatic rings. The minimum Gasteiger partial charge on any atom is -0.314 e. The van der Waals surface area contributed by atoms with E-state index in [0.717, 1.165) is 29.8 Å². The van der Waals surface area contributed by atoms with Gasteiger partial charge in [-0.25, -0.2) is 0 Å². The van der Waals surface area contributed by atoms with E-state index in [0.29, 0.717) is 12.1 Å². The maximum absolute atomic E-state index is 5.98. The Morgan fingerprint density at radius 2 is 2.21 bits per heavy atom. The molecule has 2 rings (SSSR count). The molecule has 3 unspecified atom stereocenters. The van der Waals surface area contributed by atoms with Crippen LogP contribution in [0.1, 0.15) is 32.1 Å². The van der Waals surface area contributed by atoms with Crippen molar-refractivity contribution in [3.63, 3.8) is 0 Å². The molecule has 19 heavy (non-hydrogen) atoms. The Morgan fingerprint density at radius 3 is 2.84 bits per heavy atom. The van der Waals surface area contributed by atoms with E-state index >= 15 is 0 Å². The zero-order chi connectivity index (χ0) is 13.8. The second-order valence-corrected chi connectivity index (χ2v) is 7.34. The van der Waals surface area contributed by atoms with E-state index in [9.17, 15) is 0 Å². The van der Waals surface area contributed by atoms with E-state index in [1.165, 1.54) is 17.8 Å². The van der Waals surface area contributed by atoms with Gasteiger partial charge in [-0.3, -0.25) is 4.90 Å². The third-order valence-corrected chi connectivity index (χ3v) is 5.73. The van der Waals surface area contributed by atoms with Gasteiger partial charge in [0.25, 0.3) is 0 Å². The second kappa shape index (κ2) is 7.07. The first-order valence-corrected chi connectivity index (χ1v) is 8.53. The van der Waals surface area contributed by atoms with Crippen LogP contribution in [0.25, 0.3) is 0 Å². The lowest BCUT2D eigenvalue weighted by atomic mass is 9.87. The van der Waals surface area contributed by atoms with Crippen LogP contribution in [-0.2, 0) is 6.42 Å². The van der Waals surface area contributed by atoms with Crippen LogP contribution >= 0.6 is 22.9 Å². The molecule has 2 heterocycles. The fourth-order valence-corrected chi connectivity index (χ4v) is 4.12. The van der Waals surface area contributed by atoms with Gasteiger partial charge in [-0.2, -0.15) is 0 Å². The molecule has 4 heteroatoms. The van der Waals surface area contributed by atoms with Gasteiger partial charge in [0.1, 0.15) is 0 Å². The van der Waals surface area contributed by atoms with Crippen molar-refractivity contribution >= 4 is 22.9 Å². The van der Waals surface area contributed by atoms with Gasteiger partial charge < -0.3 is 5.32 Å². The van der Waals surface area contributed by atoms with Gasteiger partial charge in [0.2, 0.25) is 0 Å². The summed E-state index contributed by atoms with van der Waals surface area (Å²) in [5, 5.41) is 3.62. The molecule has 108 valence electrons. The minimum absolute atomic E-state index is 0.660. The van der Waals surface area contributed by atoms with Crippen molar-refractivity contribution in [3.05, 3.63) is 21.3 Å². The molecule has 1 N–H and O–H groups in total. The number of rotatable bonds is 5. The molecule has 0 aliphatic carbocycles. The standard InChI is InChI=1S/C15H25ClN2S/c1-4-17-14-8-10-18(12(3)11(14)2)9-7-13-5-6-15(16)19-13/h5-6,11-12,14,17H,4,7-10H2,1-3H3. The van der Waals surface area contributed by atoms with Crippen molar-refractivity contribution in [3.8, 4) is 0 Å². The predicted octanol–water partition coefficient (Wildman–Crippen LogP) is 3.65. The van der Waals surface area contributed by atoms with Crippen LogP contribution in [0.5, 0.6) is 0 Å². The summed E-state index contributed by atoms with van der Waals surface area (Å²) in [5.74, 6) is 0.723. The quantitative estimate of drug-likeness (QED) is 0.893. The van der Waals surface area contributed by atoms with Crippen LogP contribution < -0.4 is 5.32 Å². The first-order valence-electron chi connectivity index (χ1n) is 7.33. The van der Waals surface area contributed by atoms with Crippen molar-refractivity contribution in [1.82, 2.24) is 10.2 Å². The number of likely N-dealkylation sites (tertiary alicyclic amines) is 1. The molecule has 3 atom stereocenters. The van der Waals surface area contributed by atoms with Crippen molar-refractivity contribution in [2.75, 3.05) is 19.6 Å². The van der Waals surface area contributed by atoms with Gasteiger partial charge in [-0.1, -0.05) is 25.4 Å². The van der Waals surface area contributed by atoms with Crippen LogP contribution in [0, 0.1) is 5.92 Å². The molecule has 0 aromatic carbocycles. The first kappa shape index (κ1) is 15.3. The Balaban J connectivity index is 1.85. The summed E-state index contributed by atoms with van der Waals surface area (Å²) < 4.78 is 0.905. The normalized spacial score (nSPS) is 28.7. The number of piperidine rings is 1. The topological polar surface area (TPSA) is 15.3 Å². The van der Waals surface area contributed by atoms with Crippen molar-refractivity contribution < 1.29 is 0 Å². The van der Waals surface area contributed by atoms with Crippen LogP contribution in [0.15, 0.2) is 12.1 Å². The van der Waals surface area contributed by atoms with E-state index in [1.807, 2.05) is 6.07 Å². The maximum atomic E-state index is 5.98. The molecule has 1 aromatic heterocycles. The van der Waals surface area contributed by atoms with Crippen LogP contribution in [0.2, 0.25) is 4.34 Å². The molecule has 0 spiro atoms. The summed E-state index contributed by atoms with van der Waals surface area (Å²) in [5.41, 5.74) is 0. The van der Waals surface area contributed by atoms with Crippen LogP contribution in [0.4, 0.5) is 0 Å². The Morgan fingerprint density at radius 1 is 1.42 bits per heavy atom. The number of hydrogen-bond acceptors (Lipinski definition) is 3. The Labute approximate surface area is 126 Å². The maximum Gasteiger partial charge on any atom is 0.0931 e. The van der Waals surface area contributed by atoms with E-state index in [4.69, 9.17) is 11.6 Å². The summed E-state index contributed by atoms with van der Waals surface area (Å²) in [6, 6.07) is 5.51. The highest BCUT2D eigenvalue weighted by molar-refractivity contribution is 7.16. The van der Waals surface area contributed by atoms with E-state index in [1.54, 1.807) is 11.3 Å². The summed E-state index contributed by atoms with van der Waals surface area (Å²) >= 11 is 7.70.